The number of carboxylic acids is 1. The van der Waals surface area contributed by atoms with Gasteiger partial charge in [0.15, 0.2) is 0 Å². The van der Waals surface area contributed by atoms with Gasteiger partial charge in [-0.15, -0.1) is 0 Å². The minimum Gasteiger partial charge on any atom is -0.480 e. The lowest BCUT2D eigenvalue weighted by Crippen LogP contribution is -2.52. The maximum Gasteiger partial charge on any atom is 0.328 e. The van der Waals surface area contributed by atoms with Crippen LogP contribution in [0.25, 0.3) is 0 Å². The normalized spacial score (nSPS) is 26.3. The summed E-state index contributed by atoms with van der Waals surface area (Å²) in [5.41, 5.74) is 2.48. The Hall–Kier alpha value is -1.35. The van der Waals surface area contributed by atoms with Gasteiger partial charge in [0, 0.05) is 6.04 Å². The molecule has 1 saturated carbocycles. The molecular formula is C18H25NO2. The Kier molecular flexibility index (Phi) is 4.03. The van der Waals surface area contributed by atoms with Gasteiger partial charge in [-0.1, -0.05) is 49.4 Å². The number of fused-ring (bicyclic) bond motifs is 1. The first-order valence-electron chi connectivity index (χ1n) is 8.23. The largest absolute Gasteiger partial charge is 0.480 e. The van der Waals surface area contributed by atoms with E-state index in [1.165, 1.54) is 31.2 Å². The summed E-state index contributed by atoms with van der Waals surface area (Å²) in [6, 6.07) is 6.60. The summed E-state index contributed by atoms with van der Waals surface area (Å²) in [4.78, 5) is 12.1. The molecule has 0 bridgehead atoms. The number of nitrogens with one attached hydrogen (secondary N) is 1. The molecule has 3 rings (SSSR count). The number of aliphatic carboxylic acids is 1. The fourth-order valence-electron chi connectivity index (χ4n) is 3.97. The predicted octanol–water partition coefficient (Wildman–Crippen LogP) is 3.53. The summed E-state index contributed by atoms with van der Waals surface area (Å²) in [6.07, 6.45) is 8.76. The van der Waals surface area contributed by atoms with Crippen LogP contribution in [0.2, 0.25) is 0 Å². The van der Waals surface area contributed by atoms with E-state index in [0.29, 0.717) is 12.5 Å². The highest BCUT2D eigenvalue weighted by atomic mass is 16.4. The zero-order chi connectivity index (χ0) is 14.9. The van der Waals surface area contributed by atoms with Crippen LogP contribution in [0, 0.1) is 6.92 Å². The third kappa shape index (κ3) is 2.71. The maximum atomic E-state index is 12.1. The van der Waals surface area contributed by atoms with Crippen molar-refractivity contribution in [3.8, 4) is 0 Å². The second kappa shape index (κ2) is 5.80. The third-order valence-electron chi connectivity index (χ3n) is 5.17. The molecule has 0 heterocycles. The average Bonchev–Trinajstić information content (AvgIpc) is 2.64. The number of hydrogen-bond acceptors (Lipinski definition) is 2. The molecule has 3 heteroatoms. The first kappa shape index (κ1) is 14.6. The second-order valence-electron chi connectivity index (χ2n) is 6.70. The smallest absolute Gasteiger partial charge is 0.328 e. The van der Waals surface area contributed by atoms with Gasteiger partial charge >= 0.3 is 5.97 Å². The van der Waals surface area contributed by atoms with Gasteiger partial charge in [-0.25, -0.2) is 4.79 Å². The van der Waals surface area contributed by atoms with E-state index in [9.17, 15) is 9.90 Å². The average molecular weight is 287 g/mol. The number of carbonyl (C=O) groups is 1. The Morgan fingerprint density at radius 3 is 2.62 bits per heavy atom. The van der Waals surface area contributed by atoms with Crippen molar-refractivity contribution in [2.75, 3.05) is 0 Å². The zero-order valence-electron chi connectivity index (χ0n) is 12.8. The van der Waals surface area contributed by atoms with Crippen LogP contribution in [-0.4, -0.2) is 17.1 Å². The highest BCUT2D eigenvalue weighted by molar-refractivity contribution is 5.82. The zero-order valence-corrected chi connectivity index (χ0v) is 12.8. The Balaban J connectivity index is 1.91. The molecule has 1 aromatic carbocycles. The molecule has 2 aliphatic carbocycles. The van der Waals surface area contributed by atoms with E-state index in [0.717, 1.165) is 30.4 Å². The topological polar surface area (TPSA) is 49.3 Å². The van der Waals surface area contributed by atoms with Crippen LogP contribution in [-0.2, 0) is 16.8 Å². The van der Waals surface area contributed by atoms with Crippen molar-refractivity contribution in [2.24, 2.45) is 0 Å². The lowest BCUT2D eigenvalue weighted by atomic mass is 9.89. The van der Waals surface area contributed by atoms with Crippen molar-refractivity contribution in [1.82, 2.24) is 5.32 Å². The molecule has 1 unspecified atom stereocenters. The van der Waals surface area contributed by atoms with Crippen LogP contribution >= 0.6 is 0 Å². The van der Waals surface area contributed by atoms with Crippen molar-refractivity contribution in [1.29, 1.82) is 0 Å². The highest BCUT2D eigenvalue weighted by Gasteiger charge is 2.46. The van der Waals surface area contributed by atoms with Gasteiger partial charge in [0.05, 0.1) is 0 Å². The molecular weight excluding hydrogens is 262 g/mol. The van der Waals surface area contributed by atoms with Crippen LogP contribution < -0.4 is 5.32 Å². The first-order chi connectivity index (χ1) is 10.1. The molecule has 0 spiro atoms. The molecule has 0 saturated heterocycles. The van der Waals surface area contributed by atoms with Gasteiger partial charge in [0.2, 0.25) is 0 Å². The van der Waals surface area contributed by atoms with Crippen molar-refractivity contribution >= 4 is 5.97 Å². The third-order valence-corrected chi connectivity index (χ3v) is 5.17. The monoisotopic (exact) mass is 287 g/mol. The van der Waals surface area contributed by atoms with Gasteiger partial charge < -0.3 is 5.11 Å². The summed E-state index contributed by atoms with van der Waals surface area (Å²) in [5.74, 6) is -0.712. The Morgan fingerprint density at radius 1 is 1.24 bits per heavy atom. The summed E-state index contributed by atoms with van der Waals surface area (Å²) >= 11 is 0. The standard InChI is InChI=1S/C18H25NO2/c1-13-8-9-14-10-11-18(17(20)21,16(14)12-13)19-15-6-4-2-3-5-7-15/h8-9,12,15,19H,2-7,10-11H2,1H3,(H,20,21). The van der Waals surface area contributed by atoms with Gasteiger partial charge in [0.1, 0.15) is 5.54 Å². The van der Waals surface area contributed by atoms with E-state index in [-0.39, 0.29) is 0 Å². The molecule has 21 heavy (non-hydrogen) atoms. The van der Waals surface area contributed by atoms with Gasteiger partial charge in [-0.05, 0) is 43.7 Å². The van der Waals surface area contributed by atoms with E-state index in [2.05, 4.69) is 23.5 Å². The minimum atomic E-state index is -0.865. The summed E-state index contributed by atoms with van der Waals surface area (Å²) in [6.45, 7) is 2.04. The molecule has 114 valence electrons. The first-order valence-corrected chi connectivity index (χ1v) is 8.23. The summed E-state index contributed by atoms with van der Waals surface area (Å²) in [7, 11) is 0. The lowest BCUT2D eigenvalue weighted by molar-refractivity contribution is -0.145. The minimum absolute atomic E-state index is 0.343. The molecule has 0 amide bonds. The Labute approximate surface area is 126 Å². The number of hydrogen-bond donors (Lipinski definition) is 2. The van der Waals surface area contributed by atoms with E-state index in [1.54, 1.807) is 0 Å². The van der Waals surface area contributed by atoms with E-state index in [1.807, 2.05) is 6.92 Å². The molecule has 0 radical (unpaired) electrons. The molecule has 0 aromatic heterocycles. The molecule has 1 fully saturated rings. The number of carboxylic acid groups (broad SMARTS) is 1. The SMILES string of the molecule is Cc1ccc2c(c1)C(NC1CCCCCC1)(C(=O)O)CC2. The molecule has 3 nitrogen and oxygen atoms in total. The van der Waals surface area contributed by atoms with Crippen LogP contribution in [0.3, 0.4) is 0 Å². The number of benzene rings is 1. The lowest BCUT2D eigenvalue weighted by Gasteiger charge is -2.32. The Morgan fingerprint density at radius 2 is 1.95 bits per heavy atom. The van der Waals surface area contributed by atoms with Crippen LogP contribution in [0.1, 0.15) is 61.6 Å². The molecule has 2 N–H and O–H groups in total. The van der Waals surface area contributed by atoms with Crippen LogP contribution in [0.4, 0.5) is 0 Å². The highest BCUT2D eigenvalue weighted by Crippen LogP contribution is 2.39. The van der Waals surface area contributed by atoms with E-state index >= 15 is 0 Å². The summed E-state index contributed by atoms with van der Waals surface area (Å²) in [5, 5.41) is 13.5. The van der Waals surface area contributed by atoms with Crippen molar-refractivity contribution in [2.45, 2.75) is 69.9 Å². The van der Waals surface area contributed by atoms with E-state index < -0.39 is 11.5 Å². The van der Waals surface area contributed by atoms with Crippen LogP contribution in [0.5, 0.6) is 0 Å². The van der Waals surface area contributed by atoms with Crippen molar-refractivity contribution < 1.29 is 9.90 Å². The molecule has 1 atom stereocenters. The summed E-state index contributed by atoms with van der Waals surface area (Å²) < 4.78 is 0. The van der Waals surface area contributed by atoms with Crippen LogP contribution in [0.15, 0.2) is 18.2 Å². The van der Waals surface area contributed by atoms with Gasteiger partial charge in [-0.3, -0.25) is 5.32 Å². The molecule has 2 aliphatic rings. The number of aryl methyl sites for hydroxylation is 2. The molecule has 0 aliphatic heterocycles. The van der Waals surface area contributed by atoms with Crippen molar-refractivity contribution in [3.63, 3.8) is 0 Å². The molecule has 1 aromatic rings. The maximum absolute atomic E-state index is 12.1. The quantitative estimate of drug-likeness (QED) is 0.836. The van der Waals surface area contributed by atoms with Gasteiger partial charge in [0.25, 0.3) is 0 Å². The second-order valence-corrected chi connectivity index (χ2v) is 6.70. The Bertz CT molecular complexity index is 532. The van der Waals surface area contributed by atoms with Gasteiger partial charge in [-0.2, -0.15) is 0 Å². The fourth-order valence-corrected chi connectivity index (χ4v) is 3.97. The fraction of sp³-hybridized carbons (Fsp3) is 0.611. The van der Waals surface area contributed by atoms with Crippen molar-refractivity contribution in [3.05, 3.63) is 34.9 Å². The number of rotatable bonds is 3. The van der Waals surface area contributed by atoms with E-state index in [4.69, 9.17) is 0 Å². The predicted molar refractivity (Wildman–Crippen MR) is 83.4 cm³/mol.